The largest absolute Gasteiger partial charge is 0.310 e. The second-order valence-electron chi connectivity index (χ2n) is 4.49. The van der Waals surface area contributed by atoms with E-state index in [9.17, 15) is 4.39 Å². The van der Waals surface area contributed by atoms with Crippen LogP contribution in [-0.2, 0) is 6.42 Å². The molecule has 20 heavy (non-hydrogen) atoms. The Kier molecular flexibility index (Phi) is 5.52. The molecule has 0 bridgehead atoms. The highest BCUT2D eigenvalue weighted by Crippen LogP contribution is 2.27. The number of likely N-dealkylation sites (N-methyl/N-ethyl adjacent to an activating group) is 1. The molecular formula is C15H15BrClFN2. The van der Waals surface area contributed by atoms with E-state index in [4.69, 9.17) is 11.6 Å². The van der Waals surface area contributed by atoms with E-state index in [-0.39, 0.29) is 11.9 Å². The third-order valence-electron chi connectivity index (χ3n) is 2.99. The van der Waals surface area contributed by atoms with Gasteiger partial charge in [-0.25, -0.2) is 4.39 Å². The number of aromatic nitrogens is 1. The molecule has 0 saturated carbocycles. The van der Waals surface area contributed by atoms with Gasteiger partial charge in [0.25, 0.3) is 0 Å². The molecular weight excluding hydrogens is 343 g/mol. The molecule has 0 spiro atoms. The molecule has 2 aromatic rings. The third kappa shape index (κ3) is 4.01. The van der Waals surface area contributed by atoms with E-state index in [1.807, 2.05) is 19.2 Å². The number of hydrogen-bond donors (Lipinski definition) is 1. The summed E-state index contributed by atoms with van der Waals surface area (Å²) in [5.74, 6) is -0.321. The molecule has 1 heterocycles. The number of rotatable bonds is 5. The predicted octanol–water partition coefficient (Wildman–Crippen LogP) is 4.53. The molecule has 5 heteroatoms. The first kappa shape index (κ1) is 15.4. The fourth-order valence-corrected chi connectivity index (χ4v) is 2.84. The van der Waals surface area contributed by atoms with Crippen molar-refractivity contribution in [1.29, 1.82) is 0 Å². The Morgan fingerprint density at radius 2 is 2.15 bits per heavy atom. The molecule has 0 fully saturated rings. The predicted molar refractivity (Wildman–Crippen MR) is 83.5 cm³/mol. The van der Waals surface area contributed by atoms with Gasteiger partial charge < -0.3 is 5.32 Å². The van der Waals surface area contributed by atoms with Gasteiger partial charge in [-0.1, -0.05) is 24.6 Å². The van der Waals surface area contributed by atoms with Crippen LogP contribution in [0.15, 0.2) is 41.1 Å². The first-order valence-corrected chi connectivity index (χ1v) is 7.55. The first-order chi connectivity index (χ1) is 9.60. The molecule has 1 aromatic carbocycles. The summed E-state index contributed by atoms with van der Waals surface area (Å²) in [6.45, 7) is 2.84. The second kappa shape index (κ2) is 7.16. The van der Waals surface area contributed by atoms with Gasteiger partial charge in [-0.3, -0.25) is 4.98 Å². The van der Waals surface area contributed by atoms with E-state index < -0.39 is 0 Å². The summed E-state index contributed by atoms with van der Waals surface area (Å²) in [5.41, 5.74) is 1.99. The normalized spacial score (nSPS) is 12.4. The lowest BCUT2D eigenvalue weighted by Crippen LogP contribution is -2.23. The van der Waals surface area contributed by atoms with E-state index in [0.717, 1.165) is 28.6 Å². The van der Waals surface area contributed by atoms with Crippen LogP contribution in [0.3, 0.4) is 0 Å². The van der Waals surface area contributed by atoms with E-state index in [2.05, 4.69) is 26.2 Å². The summed E-state index contributed by atoms with van der Waals surface area (Å²) in [6.07, 6.45) is 4.31. The van der Waals surface area contributed by atoms with Crippen LogP contribution in [0.4, 0.5) is 4.39 Å². The lowest BCUT2D eigenvalue weighted by Gasteiger charge is -2.19. The minimum atomic E-state index is -0.321. The molecule has 0 aliphatic heterocycles. The summed E-state index contributed by atoms with van der Waals surface area (Å²) in [6, 6.07) is 6.57. The number of nitrogens with one attached hydrogen (secondary N) is 1. The van der Waals surface area contributed by atoms with Crippen molar-refractivity contribution in [3.05, 3.63) is 63.1 Å². The highest BCUT2D eigenvalue weighted by atomic mass is 79.9. The molecule has 106 valence electrons. The van der Waals surface area contributed by atoms with Gasteiger partial charge in [0.1, 0.15) is 5.82 Å². The Labute approximate surface area is 131 Å². The molecule has 0 amide bonds. The molecule has 2 nitrogen and oxygen atoms in total. The van der Waals surface area contributed by atoms with Crippen molar-refractivity contribution in [2.75, 3.05) is 6.54 Å². The van der Waals surface area contributed by atoms with Crippen LogP contribution in [0.25, 0.3) is 0 Å². The van der Waals surface area contributed by atoms with Crippen LogP contribution in [0.2, 0.25) is 5.02 Å². The molecule has 0 aliphatic carbocycles. The zero-order valence-electron chi connectivity index (χ0n) is 11.0. The number of halogens is 3. The van der Waals surface area contributed by atoms with Gasteiger partial charge in [-0.15, -0.1) is 0 Å². The maximum atomic E-state index is 13.2. The molecule has 0 radical (unpaired) electrons. The van der Waals surface area contributed by atoms with Gasteiger partial charge in [0.05, 0.1) is 0 Å². The van der Waals surface area contributed by atoms with Crippen LogP contribution in [0, 0.1) is 5.82 Å². The van der Waals surface area contributed by atoms with E-state index in [1.165, 1.54) is 12.1 Å². The lowest BCUT2D eigenvalue weighted by atomic mass is 9.99. The van der Waals surface area contributed by atoms with Crippen LogP contribution in [-0.4, -0.2) is 11.5 Å². The van der Waals surface area contributed by atoms with Crippen molar-refractivity contribution >= 4 is 27.5 Å². The molecule has 0 saturated heterocycles. The number of pyridine rings is 1. The molecule has 1 unspecified atom stereocenters. The summed E-state index contributed by atoms with van der Waals surface area (Å²) in [7, 11) is 0. The van der Waals surface area contributed by atoms with E-state index >= 15 is 0 Å². The van der Waals surface area contributed by atoms with Crippen LogP contribution in [0.1, 0.15) is 24.1 Å². The average molecular weight is 358 g/mol. The molecule has 1 aromatic heterocycles. The van der Waals surface area contributed by atoms with Gasteiger partial charge in [-0.2, -0.15) is 0 Å². The molecule has 0 aliphatic rings. The summed E-state index contributed by atoms with van der Waals surface area (Å²) >= 11 is 9.57. The minimum Gasteiger partial charge on any atom is -0.310 e. The van der Waals surface area contributed by atoms with Gasteiger partial charge >= 0.3 is 0 Å². The number of hydrogen-bond acceptors (Lipinski definition) is 2. The fourth-order valence-electron chi connectivity index (χ4n) is 2.13. The highest BCUT2D eigenvalue weighted by Gasteiger charge is 2.15. The van der Waals surface area contributed by atoms with Crippen LogP contribution >= 0.6 is 27.5 Å². The average Bonchev–Trinajstić information content (AvgIpc) is 2.38. The van der Waals surface area contributed by atoms with Crippen molar-refractivity contribution in [3.63, 3.8) is 0 Å². The van der Waals surface area contributed by atoms with Gasteiger partial charge in [0.15, 0.2) is 0 Å². The Morgan fingerprint density at radius 3 is 2.80 bits per heavy atom. The molecule has 1 atom stereocenters. The quantitative estimate of drug-likeness (QED) is 0.850. The zero-order chi connectivity index (χ0) is 14.5. The maximum absolute atomic E-state index is 13.2. The topological polar surface area (TPSA) is 24.9 Å². The van der Waals surface area contributed by atoms with Gasteiger partial charge in [-0.05, 0) is 58.2 Å². The van der Waals surface area contributed by atoms with Gasteiger partial charge in [0.2, 0.25) is 0 Å². The third-order valence-corrected chi connectivity index (χ3v) is 3.75. The number of benzene rings is 1. The van der Waals surface area contributed by atoms with Crippen molar-refractivity contribution in [3.8, 4) is 0 Å². The minimum absolute atomic E-state index is 0.0317. The molecule has 1 N–H and O–H groups in total. The number of nitrogens with zero attached hydrogens (tertiary/aromatic N) is 1. The van der Waals surface area contributed by atoms with Crippen molar-refractivity contribution in [2.24, 2.45) is 0 Å². The summed E-state index contributed by atoms with van der Waals surface area (Å²) < 4.78 is 14.1. The summed E-state index contributed by atoms with van der Waals surface area (Å²) in [4.78, 5) is 4.16. The van der Waals surface area contributed by atoms with Crippen molar-refractivity contribution in [1.82, 2.24) is 10.3 Å². The maximum Gasteiger partial charge on any atom is 0.124 e. The standard InChI is InChI=1S/C15H15BrClFN2/c1-2-20-15(6-10-5-11(16)9-19-8-10)13-4-3-12(18)7-14(13)17/h3-5,7-9,15,20H,2,6H2,1H3. The first-order valence-electron chi connectivity index (χ1n) is 6.38. The monoisotopic (exact) mass is 356 g/mol. The van der Waals surface area contributed by atoms with Crippen LogP contribution < -0.4 is 5.32 Å². The second-order valence-corrected chi connectivity index (χ2v) is 5.81. The Morgan fingerprint density at radius 1 is 1.35 bits per heavy atom. The smallest absolute Gasteiger partial charge is 0.124 e. The van der Waals surface area contributed by atoms with E-state index in [1.54, 1.807) is 12.3 Å². The lowest BCUT2D eigenvalue weighted by molar-refractivity contribution is 0.547. The Bertz CT molecular complexity index is 592. The highest BCUT2D eigenvalue weighted by molar-refractivity contribution is 9.10. The SMILES string of the molecule is CCNC(Cc1cncc(Br)c1)c1ccc(F)cc1Cl. The van der Waals surface area contributed by atoms with Gasteiger partial charge in [0, 0.05) is 27.9 Å². The zero-order valence-corrected chi connectivity index (χ0v) is 13.4. The Hall–Kier alpha value is -0.970. The molecule has 2 rings (SSSR count). The fraction of sp³-hybridized carbons (Fsp3) is 0.267. The van der Waals surface area contributed by atoms with E-state index in [0.29, 0.717) is 5.02 Å². The van der Waals surface area contributed by atoms with Crippen molar-refractivity contribution in [2.45, 2.75) is 19.4 Å². The summed E-state index contributed by atoms with van der Waals surface area (Å²) in [5, 5.41) is 3.82. The Balaban J connectivity index is 2.26. The van der Waals surface area contributed by atoms with Crippen LogP contribution in [0.5, 0.6) is 0 Å². The van der Waals surface area contributed by atoms with Crippen molar-refractivity contribution < 1.29 is 4.39 Å².